The second-order valence-corrected chi connectivity index (χ2v) is 9.70. The fraction of sp³-hybridized carbons (Fsp3) is 0.160. The number of amides is 2. The summed E-state index contributed by atoms with van der Waals surface area (Å²) >= 11 is 0. The fourth-order valence-electron chi connectivity index (χ4n) is 3.49. The molecule has 34 heavy (non-hydrogen) atoms. The summed E-state index contributed by atoms with van der Waals surface area (Å²) in [7, 11) is -3.91. The minimum absolute atomic E-state index is 0.0322. The van der Waals surface area contributed by atoms with Crippen LogP contribution in [0.15, 0.2) is 74.6 Å². The number of hydrogen-bond donors (Lipinski definition) is 1. The topological polar surface area (TPSA) is 109 Å². The van der Waals surface area contributed by atoms with Crippen molar-refractivity contribution in [3.63, 3.8) is 0 Å². The Kier molecular flexibility index (Phi) is 5.97. The smallest absolute Gasteiger partial charge is 0.280 e. The zero-order valence-corrected chi connectivity index (χ0v) is 19.9. The van der Waals surface area contributed by atoms with E-state index in [0.29, 0.717) is 34.1 Å². The lowest BCUT2D eigenvalue weighted by Crippen LogP contribution is -2.28. The molecule has 0 spiro atoms. The zero-order chi connectivity index (χ0) is 24.6. The van der Waals surface area contributed by atoms with Crippen LogP contribution in [0.1, 0.15) is 30.7 Å². The maximum atomic E-state index is 13.0. The van der Waals surface area contributed by atoms with Crippen molar-refractivity contribution in [3.05, 3.63) is 77.1 Å². The van der Waals surface area contributed by atoms with Gasteiger partial charge in [-0.05, 0) is 86.5 Å². The predicted molar refractivity (Wildman–Crippen MR) is 130 cm³/mol. The van der Waals surface area contributed by atoms with Crippen molar-refractivity contribution < 1.29 is 22.4 Å². The van der Waals surface area contributed by atoms with Gasteiger partial charge in [0.2, 0.25) is 5.91 Å². The number of aryl methyl sites for hydroxylation is 2. The van der Waals surface area contributed by atoms with Gasteiger partial charge in [-0.25, -0.2) is 13.1 Å². The van der Waals surface area contributed by atoms with Gasteiger partial charge in [0.05, 0.1) is 21.9 Å². The number of nitrogens with zero attached hydrogens (tertiary/aromatic N) is 2. The van der Waals surface area contributed by atoms with E-state index >= 15 is 0 Å². The van der Waals surface area contributed by atoms with Crippen LogP contribution in [0.25, 0.3) is 17.4 Å². The Morgan fingerprint density at radius 1 is 1.00 bits per heavy atom. The molecule has 4 rings (SSSR count). The quantitative estimate of drug-likeness (QED) is 0.554. The molecule has 174 valence electrons. The van der Waals surface area contributed by atoms with Crippen LogP contribution in [0.4, 0.5) is 5.69 Å². The van der Waals surface area contributed by atoms with Crippen LogP contribution in [-0.4, -0.2) is 25.9 Å². The van der Waals surface area contributed by atoms with Crippen LogP contribution in [0.5, 0.6) is 0 Å². The van der Waals surface area contributed by atoms with Crippen molar-refractivity contribution in [1.29, 1.82) is 0 Å². The molecule has 1 aromatic heterocycles. The number of hydrogen-bond acceptors (Lipinski definition) is 6. The van der Waals surface area contributed by atoms with Crippen molar-refractivity contribution in [2.75, 3.05) is 5.01 Å². The molecule has 2 amide bonds. The molecule has 1 aliphatic heterocycles. The van der Waals surface area contributed by atoms with Gasteiger partial charge in [0.15, 0.2) is 0 Å². The molecule has 0 saturated carbocycles. The van der Waals surface area contributed by atoms with Gasteiger partial charge in [-0.3, -0.25) is 9.59 Å². The Bertz CT molecular complexity index is 1460. The zero-order valence-electron chi connectivity index (χ0n) is 19.1. The molecule has 1 aliphatic rings. The van der Waals surface area contributed by atoms with E-state index < -0.39 is 15.9 Å². The van der Waals surface area contributed by atoms with Gasteiger partial charge in [-0.2, -0.15) is 10.1 Å². The van der Waals surface area contributed by atoms with Crippen molar-refractivity contribution in [3.8, 4) is 11.3 Å². The Hall–Kier alpha value is -3.98. The van der Waals surface area contributed by atoms with Crippen molar-refractivity contribution in [1.82, 2.24) is 4.72 Å². The second-order valence-electron chi connectivity index (χ2n) is 8.02. The molecule has 0 unspecified atom stereocenters. The standard InChI is InChI=1S/C25H23N3O5S/c1-15-5-8-20(13-16(15)2)28-25(30)23(17(3)26-28)14-21-9-12-24(33-21)19-6-10-22(11-7-19)34(31,32)27-18(4)29/h5-14H,1-4H3,(H,27,29). The minimum atomic E-state index is -3.91. The molecule has 2 heterocycles. The summed E-state index contributed by atoms with van der Waals surface area (Å²) in [5.41, 5.74) is 4.55. The predicted octanol–water partition coefficient (Wildman–Crippen LogP) is 4.19. The van der Waals surface area contributed by atoms with E-state index in [1.54, 1.807) is 37.3 Å². The molecule has 0 fully saturated rings. The molecule has 0 aliphatic carbocycles. The van der Waals surface area contributed by atoms with E-state index in [4.69, 9.17) is 4.42 Å². The molecule has 8 nitrogen and oxygen atoms in total. The molecule has 9 heteroatoms. The summed E-state index contributed by atoms with van der Waals surface area (Å²) < 4.78 is 32.0. The Labute approximate surface area is 197 Å². The van der Waals surface area contributed by atoms with Crippen LogP contribution >= 0.6 is 0 Å². The van der Waals surface area contributed by atoms with Crippen LogP contribution in [0.3, 0.4) is 0 Å². The molecule has 0 bridgehead atoms. The number of nitrogens with one attached hydrogen (secondary N) is 1. The molecule has 0 atom stereocenters. The van der Waals surface area contributed by atoms with Crippen LogP contribution in [-0.2, 0) is 19.6 Å². The van der Waals surface area contributed by atoms with Gasteiger partial charge < -0.3 is 4.42 Å². The molecular formula is C25H23N3O5S. The number of anilines is 1. The van der Waals surface area contributed by atoms with E-state index in [2.05, 4.69) is 5.10 Å². The number of rotatable bonds is 5. The van der Waals surface area contributed by atoms with Crippen LogP contribution in [0, 0.1) is 13.8 Å². The van der Waals surface area contributed by atoms with Crippen LogP contribution in [0.2, 0.25) is 0 Å². The monoisotopic (exact) mass is 477 g/mol. The van der Waals surface area contributed by atoms with E-state index in [1.807, 2.05) is 36.8 Å². The summed E-state index contributed by atoms with van der Waals surface area (Å²) in [6.07, 6.45) is 1.64. The maximum Gasteiger partial charge on any atom is 0.280 e. The average molecular weight is 478 g/mol. The highest BCUT2D eigenvalue weighted by Crippen LogP contribution is 2.29. The third kappa shape index (κ3) is 4.55. The van der Waals surface area contributed by atoms with Crippen molar-refractivity contribution in [2.24, 2.45) is 5.10 Å². The third-order valence-electron chi connectivity index (χ3n) is 5.44. The van der Waals surface area contributed by atoms with Crippen molar-refractivity contribution in [2.45, 2.75) is 32.6 Å². The first-order valence-corrected chi connectivity index (χ1v) is 12.0. The van der Waals surface area contributed by atoms with Gasteiger partial charge in [0, 0.05) is 12.5 Å². The third-order valence-corrected chi connectivity index (χ3v) is 6.89. The highest BCUT2D eigenvalue weighted by atomic mass is 32.2. The summed E-state index contributed by atoms with van der Waals surface area (Å²) in [5, 5.41) is 5.79. The summed E-state index contributed by atoms with van der Waals surface area (Å²) in [6, 6.07) is 15.1. The average Bonchev–Trinajstić information content (AvgIpc) is 3.35. The number of carbonyl (C=O) groups excluding carboxylic acids is 2. The van der Waals surface area contributed by atoms with Gasteiger partial charge in [0.1, 0.15) is 11.5 Å². The highest BCUT2D eigenvalue weighted by Gasteiger charge is 2.29. The van der Waals surface area contributed by atoms with Crippen molar-refractivity contribution >= 4 is 39.3 Å². The largest absolute Gasteiger partial charge is 0.457 e. The number of sulfonamides is 1. The van der Waals surface area contributed by atoms with Gasteiger partial charge in [0.25, 0.3) is 15.9 Å². The SMILES string of the molecule is CC(=O)NS(=O)(=O)c1ccc(-c2ccc(C=C3C(=O)N(c4ccc(C)c(C)c4)N=C3C)o2)cc1. The first kappa shape index (κ1) is 23.2. The van der Waals surface area contributed by atoms with E-state index in [0.717, 1.165) is 18.1 Å². The molecule has 0 radical (unpaired) electrons. The molecule has 0 saturated heterocycles. The van der Waals surface area contributed by atoms with Crippen LogP contribution < -0.4 is 9.73 Å². The van der Waals surface area contributed by atoms with Gasteiger partial charge >= 0.3 is 0 Å². The number of hydrazone groups is 1. The lowest BCUT2D eigenvalue weighted by molar-refractivity contribution is -0.117. The summed E-state index contributed by atoms with van der Waals surface area (Å²) in [4.78, 5) is 24.1. The molecular weight excluding hydrogens is 454 g/mol. The van der Waals surface area contributed by atoms with E-state index in [9.17, 15) is 18.0 Å². The van der Waals surface area contributed by atoms with E-state index in [-0.39, 0.29) is 10.8 Å². The maximum absolute atomic E-state index is 13.0. The summed E-state index contributed by atoms with van der Waals surface area (Å²) in [6.45, 7) is 6.89. The van der Waals surface area contributed by atoms with Gasteiger partial charge in [-0.1, -0.05) is 6.07 Å². The summed E-state index contributed by atoms with van der Waals surface area (Å²) in [5.74, 6) is 0.0570. The minimum Gasteiger partial charge on any atom is -0.457 e. The lowest BCUT2D eigenvalue weighted by Gasteiger charge is -2.13. The highest BCUT2D eigenvalue weighted by molar-refractivity contribution is 7.90. The molecule has 3 aromatic rings. The lowest BCUT2D eigenvalue weighted by atomic mass is 10.1. The second kappa shape index (κ2) is 8.75. The Morgan fingerprint density at radius 2 is 1.71 bits per heavy atom. The first-order valence-electron chi connectivity index (χ1n) is 10.5. The van der Waals surface area contributed by atoms with Gasteiger partial charge in [-0.15, -0.1) is 0 Å². The van der Waals surface area contributed by atoms with E-state index in [1.165, 1.54) is 17.1 Å². The number of furan rings is 1. The number of benzene rings is 2. The fourth-order valence-corrected chi connectivity index (χ4v) is 4.48. The first-order chi connectivity index (χ1) is 16.0. The Balaban J connectivity index is 1.56. The Morgan fingerprint density at radius 3 is 2.35 bits per heavy atom. The number of carbonyl (C=O) groups is 2. The molecule has 1 N–H and O–H groups in total. The molecule has 2 aromatic carbocycles. The normalized spacial score (nSPS) is 15.1.